The van der Waals surface area contributed by atoms with Gasteiger partial charge in [0, 0.05) is 18.8 Å². The van der Waals surface area contributed by atoms with Crippen LogP contribution in [0.25, 0.3) is 0 Å². The second-order valence-electron chi connectivity index (χ2n) is 2.78. The van der Waals surface area contributed by atoms with E-state index < -0.39 is 5.79 Å². The fourth-order valence-electron chi connectivity index (χ4n) is 1.08. The lowest BCUT2D eigenvalue weighted by Crippen LogP contribution is -2.22. The van der Waals surface area contributed by atoms with Gasteiger partial charge in [-0.05, 0) is 0 Å². The zero-order valence-corrected chi connectivity index (χ0v) is 8.00. The second kappa shape index (κ2) is 3.01. The number of nitrogens with two attached hydrogens (primary N) is 1. The van der Waals surface area contributed by atoms with E-state index in [0.717, 1.165) is 10.7 Å². The molecule has 0 amide bonds. The average molecular weight is 198 g/mol. The number of aromatic nitrogens is 1. The Morgan fingerprint density at radius 1 is 1.54 bits per heavy atom. The third-order valence-electron chi connectivity index (χ3n) is 1.83. The van der Waals surface area contributed by atoms with E-state index in [2.05, 4.69) is 4.98 Å². The number of hydrogen-bond acceptors (Lipinski definition) is 5. The van der Waals surface area contributed by atoms with Crippen LogP contribution in [0.4, 0.5) is 0 Å². The molecule has 0 saturated carbocycles. The quantitative estimate of drug-likeness (QED) is 0.778. The Bertz CT molecular complexity index is 327. The maximum absolute atomic E-state index is 5.46. The maximum Gasteiger partial charge on any atom is 0.291 e. The lowest BCUT2D eigenvalue weighted by molar-refractivity contribution is -0.136. The monoisotopic (exact) mass is 198 g/mol. The van der Waals surface area contributed by atoms with Crippen molar-refractivity contribution in [3.05, 3.63) is 28.6 Å². The summed E-state index contributed by atoms with van der Waals surface area (Å²) in [5, 5.41) is 2.78. The zero-order valence-electron chi connectivity index (χ0n) is 7.19. The summed E-state index contributed by atoms with van der Waals surface area (Å²) in [6.07, 6.45) is 3.03. The molecule has 0 atom stereocenters. The summed E-state index contributed by atoms with van der Waals surface area (Å²) in [6.45, 7) is 2.27. The third kappa shape index (κ3) is 1.40. The molecule has 0 aromatic carbocycles. The molecule has 0 bridgehead atoms. The van der Waals surface area contributed by atoms with Crippen LogP contribution in [0.15, 0.2) is 17.9 Å². The predicted octanol–water partition coefficient (Wildman–Crippen LogP) is 1.29. The van der Waals surface area contributed by atoms with Gasteiger partial charge >= 0.3 is 0 Å². The van der Waals surface area contributed by atoms with Crippen molar-refractivity contribution in [1.29, 1.82) is 0 Å². The van der Waals surface area contributed by atoms with E-state index in [1.54, 1.807) is 0 Å². The average Bonchev–Trinajstić information content (AvgIpc) is 2.72. The van der Waals surface area contributed by atoms with Crippen molar-refractivity contribution in [2.45, 2.75) is 19.3 Å². The number of hydrogen-bond donors (Lipinski definition) is 1. The fourth-order valence-corrected chi connectivity index (χ4v) is 1.84. The Morgan fingerprint density at radius 2 is 2.23 bits per heavy atom. The van der Waals surface area contributed by atoms with Gasteiger partial charge in [0.25, 0.3) is 5.79 Å². The molecular weight excluding hydrogens is 188 g/mol. The molecule has 0 unspecified atom stereocenters. The number of rotatable bonds is 2. The molecule has 4 nitrogen and oxygen atoms in total. The second-order valence-corrected chi connectivity index (χ2v) is 3.73. The van der Waals surface area contributed by atoms with E-state index in [9.17, 15) is 0 Å². The summed E-state index contributed by atoms with van der Waals surface area (Å²) in [4.78, 5) is 4.29. The van der Waals surface area contributed by atoms with Crippen LogP contribution >= 0.6 is 11.3 Å². The molecule has 2 N–H and O–H groups in total. The third-order valence-corrected chi connectivity index (χ3v) is 2.70. The summed E-state index contributed by atoms with van der Waals surface area (Å²) in [5.74, 6) is -0.760. The van der Waals surface area contributed by atoms with E-state index in [-0.39, 0.29) is 0 Å². The van der Waals surface area contributed by atoms with Gasteiger partial charge in [0.05, 0.1) is 0 Å². The van der Waals surface area contributed by atoms with Crippen molar-refractivity contribution >= 4 is 11.3 Å². The molecule has 0 saturated heterocycles. The summed E-state index contributed by atoms with van der Waals surface area (Å²) < 4.78 is 10.6. The standard InChI is InChI=1S/C8H10N2O2S/c1-8(11-2-3-12-8)6-5-13-7(4-9)10-6/h2-3,5H,4,9H2,1H3. The van der Waals surface area contributed by atoms with Crippen molar-refractivity contribution in [3.8, 4) is 0 Å². The van der Waals surface area contributed by atoms with Gasteiger partial charge in [-0.15, -0.1) is 11.3 Å². The van der Waals surface area contributed by atoms with Gasteiger partial charge in [0.1, 0.15) is 23.2 Å². The van der Waals surface area contributed by atoms with Crippen LogP contribution < -0.4 is 5.73 Å². The number of nitrogens with zero attached hydrogens (tertiary/aromatic N) is 1. The van der Waals surface area contributed by atoms with E-state index >= 15 is 0 Å². The van der Waals surface area contributed by atoms with Gasteiger partial charge in [-0.25, -0.2) is 4.98 Å². The maximum atomic E-state index is 5.46. The molecule has 2 rings (SSSR count). The first-order valence-electron chi connectivity index (χ1n) is 3.90. The van der Waals surface area contributed by atoms with Crippen molar-refractivity contribution in [3.63, 3.8) is 0 Å². The van der Waals surface area contributed by atoms with Crippen LogP contribution in [-0.4, -0.2) is 4.98 Å². The van der Waals surface area contributed by atoms with Crippen molar-refractivity contribution in [2.75, 3.05) is 0 Å². The van der Waals surface area contributed by atoms with Gasteiger partial charge in [0.2, 0.25) is 0 Å². The molecule has 2 heterocycles. The van der Waals surface area contributed by atoms with Crippen molar-refractivity contribution in [2.24, 2.45) is 5.73 Å². The summed E-state index contributed by atoms with van der Waals surface area (Å²) in [7, 11) is 0. The summed E-state index contributed by atoms with van der Waals surface area (Å²) >= 11 is 1.51. The van der Waals surface area contributed by atoms with E-state index in [4.69, 9.17) is 15.2 Å². The Hall–Kier alpha value is -1.07. The van der Waals surface area contributed by atoms with E-state index in [1.807, 2.05) is 12.3 Å². The highest BCUT2D eigenvalue weighted by molar-refractivity contribution is 7.09. The molecule has 0 aliphatic carbocycles. The van der Waals surface area contributed by atoms with E-state index in [0.29, 0.717) is 6.54 Å². The minimum atomic E-state index is -0.760. The van der Waals surface area contributed by atoms with Crippen molar-refractivity contribution < 1.29 is 9.47 Å². The SMILES string of the molecule is CC1(c2csc(CN)n2)OC=CO1. The highest BCUT2D eigenvalue weighted by atomic mass is 32.1. The lowest BCUT2D eigenvalue weighted by Gasteiger charge is -2.20. The Morgan fingerprint density at radius 3 is 2.77 bits per heavy atom. The zero-order chi connectivity index (χ0) is 9.31. The minimum absolute atomic E-state index is 0.453. The molecule has 0 spiro atoms. The molecule has 1 aliphatic rings. The van der Waals surface area contributed by atoms with Gasteiger partial charge < -0.3 is 15.2 Å². The highest BCUT2D eigenvalue weighted by Gasteiger charge is 2.34. The van der Waals surface area contributed by atoms with Crippen LogP contribution in [0.2, 0.25) is 0 Å². The van der Waals surface area contributed by atoms with Crippen LogP contribution in [-0.2, 0) is 21.8 Å². The highest BCUT2D eigenvalue weighted by Crippen LogP contribution is 2.31. The van der Waals surface area contributed by atoms with Crippen LogP contribution in [0.5, 0.6) is 0 Å². The normalized spacial score (nSPS) is 18.3. The Balaban J connectivity index is 2.24. The molecule has 70 valence electrons. The predicted molar refractivity (Wildman–Crippen MR) is 48.7 cm³/mol. The molecule has 1 aromatic rings. The van der Waals surface area contributed by atoms with Crippen LogP contribution in [0.3, 0.4) is 0 Å². The topological polar surface area (TPSA) is 57.4 Å². The fraction of sp³-hybridized carbons (Fsp3) is 0.375. The molecule has 13 heavy (non-hydrogen) atoms. The molecule has 1 aliphatic heterocycles. The molecular formula is C8H10N2O2S. The largest absolute Gasteiger partial charge is 0.452 e. The Kier molecular flexibility index (Phi) is 1.97. The lowest BCUT2D eigenvalue weighted by atomic mass is 10.2. The van der Waals surface area contributed by atoms with Crippen LogP contribution in [0, 0.1) is 0 Å². The van der Waals surface area contributed by atoms with Crippen LogP contribution in [0.1, 0.15) is 17.6 Å². The smallest absolute Gasteiger partial charge is 0.291 e. The van der Waals surface area contributed by atoms with Gasteiger partial charge in [-0.2, -0.15) is 0 Å². The molecule has 1 aromatic heterocycles. The van der Waals surface area contributed by atoms with Gasteiger partial charge in [-0.3, -0.25) is 0 Å². The van der Waals surface area contributed by atoms with Gasteiger partial charge in [0.15, 0.2) is 0 Å². The minimum Gasteiger partial charge on any atom is -0.452 e. The Labute approximate surface area is 80.0 Å². The first-order chi connectivity index (χ1) is 6.24. The number of thiazole rings is 1. The first kappa shape index (κ1) is 8.52. The van der Waals surface area contributed by atoms with Gasteiger partial charge in [-0.1, -0.05) is 0 Å². The molecule has 0 fully saturated rings. The first-order valence-corrected chi connectivity index (χ1v) is 4.78. The molecule has 0 radical (unpaired) electrons. The van der Waals surface area contributed by atoms with E-state index in [1.165, 1.54) is 23.9 Å². The number of ether oxygens (including phenoxy) is 2. The summed E-state index contributed by atoms with van der Waals surface area (Å²) in [6, 6.07) is 0. The van der Waals surface area contributed by atoms with Crippen molar-refractivity contribution in [1.82, 2.24) is 4.98 Å². The summed E-state index contributed by atoms with van der Waals surface area (Å²) in [5.41, 5.74) is 6.22. The molecule has 5 heteroatoms.